The van der Waals surface area contributed by atoms with Crippen LogP contribution in [-0.2, 0) is 4.74 Å². The molecular formula is C25H40ClNO2. The standard InChI is InChI=1S/C25H39NO2.ClH/c1-3-19-28-25-20-26(21-13-9-7-5-4-6-8-10-14-21)18-17-23(25)22-15-11-12-16-24(22)27-2;/h3,11-12,15-16,21,23,25H,1,4-10,13-14,17-20H2,2H3;1H. The van der Waals surface area contributed by atoms with E-state index >= 15 is 0 Å². The van der Waals surface area contributed by atoms with Crippen molar-refractivity contribution in [3.8, 4) is 5.75 Å². The molecule has 1 aliphatic heterocycles. The van der Waals surface area contributed by atoms with E-state index in [1.165, 1.54) is 69.9 Å². The predicted octanol–water partition coefficient (Wildman–Crippen LogP) is 6.37. The first kappa shape index (κ1) is 24.2. The van der Waals surface area contributed by atoms with Gasteiger partial charge in [0.25, 0.3) is 0 Å². The van der Waals surface area contributed by atoms with Crippen LogP contribution in [0.25, 0.3) is 0 Å². The number of para-hydroxylation sites is 1. The van der Waals surface area contributed by atoms with Gasteiger partial charge in [0.05, 0.1) is 19.8 Å². The number of likely N-dealkylation sites (tertiary alicyclic amines) is 1. The van der Waals surface area contributed by atoms with E-state index in [-0.39, 0.29) is 18.5 Å². The first-order chi connectivity index (χ1) is 13.8. The second kappa shape index (κ2) is 13.3. The van der Waals surface area contributed by atoms with Gasteiger partial charge in [-0.15, -0.1) is 19.0 Å². The van der Waals surface area contributed by atoms with Gasteiger partial charge in [0.2, 0.25) is 0 Å². The van der Waals surface area contributed by atoms with Gasteiger partial charge in [0, 0.05) is 18.5 Å². The Morgan fingerprint density at radius 1 is 1.00 bits per heavy atom. The molecule has 2 fully saturated rings. The lowest BCUT2D eigenvalue weighted by Crippen LogP contribution is -2.48. The summed E-state index contributed by atoms with van der Waals surface area (Å²) in [6.07, 6.45) is 15.8. The SMILES string of the molecule is C=CCOC1CN(C2CCCCCCCCC2)CCC1c1ccccc1OC.Cl. The third-order valence-electron chi connectivity index (χ3n) is 6.65. The Morgan fingerprint density at radius 3 is 2.31 bits per heavy atom. The van der Waals surface area contributed by atoms with Gasteiger partial charge in [0.15, 0.2) is 0 Å². The highest BCUT2D eigenvalue weighted by molar-refractivity contribution is 5.85. The van der Waals surface area contributed by atoms with Crippen molar-refractivity contribution in [1.29, 1.82) is 0 Å². The number of piperidine rings is 1. The molecule has 1 aromatic rings. The molecule has 3 nitrogen and oxygen atoms in total. The number of methoxy groups -OCH3 is 1. The largest absolute Gasteiger partial charge is 0.496 e. The maximum atomic E-state index is 6.31. The number of hydrogen-bond donors (Lipinski definition) is 0. The Morgan fingerprint density at radius 2 is 1.66 bits per heavy atom. The summed E-state index contributed by atoms with van der Waals surface area (Å²) < 4.78 is 12.0. The number of halogens is 1. The lowest BCUT2D eigenvalue weighted by Gasteiger charge is -2.43. The molecule has 0 aromatic heterocycles. The highest BCUT2D eigenvalue weighted by atomic mass is 35.5. The highest BCUT2D eigenvalue weighted by Crippen LogP contribution is 2.37. The van der Waals surface area contributed by atoms with Crippen LogP contribution in [0, 0.1) is 0 Å². The van der Waals surface area contributed by atoms with Crippen LogP contribution in [0.3, 0.4) is 0 Å². The van der Waals surface area contributed by atoms with Crippen molar-refractivity contribution in [3.05, 3.63) is 42.5 Å². The van der Waals surface area contributed by atoms with Crippen LogP contribution in [0.2, 0.25) is 0 Å². The number of nitrogens with zero attached hydrogens (tertiary/aromatic N) is 1. The topological polar surface area (TPSA) is 21.7 Å². The normalized spacial score (nSPS) is 25.0. The molecule has 4 heteroatoms. The lowest BCUT2D eigenvalue weighted by atomic mass is 9.84. The number of rotatable bonds is 6. The molecule has 0 radical (unpaired) electrons. The fourth-order valence-corrected chi connectivity index (χ4v) is 5.11. The van der Waals surface area contributed by atoms with Gasteiger partial charge in [-0.05, 0) is 37.4 Å². The zero-order valence-corrected chi connectivity index (χ0v) is 19.0. The van der Waals surface area contributed by atoms with Gasteiger partial charge in [-0.3, -0.25) is 4.90 Å². The summed E-state index contributed by atoms with van der Waals surface area (Å²) in [7, 11) is 1.77. The Balaban J connectivity index is 0.00000300. The molecule has 1 saturated heterocycles. The maximum absolute atomic E-state index is 6.31. The summed E-state index contributed by atoms with van der Waals surface area (Å²) in [5, 5.41) is 0. The van der Waals surface area contributed by atoms with Crippen LogP contribution in [0.5, 0.6) is 5.75 Å². The average Bonchev–Trinajstić information content (AvgIpc) is 2.75. The third-order valence-corrected chi connectivity index (χ3v) is 6.65. The Kier molecular flexibility index (Phi) is 11.1. The summed E-state index contributed by atoms with van der Waals surface area (Å²) >= 11 is 0. The van der Waals surface area contributed by atoms with Crippen molar-refractivity contribution >= 4 is 12.4 Å². The van der Waals surface area contributed by atoms with E-state index in [9.17, 15) is 0 Å². The molecule has 2 atom stereocenters. The van der Waals surface area contributed by atoms with Crippen LogP contribution in [0.15, 0.2) is 36.9 Å². The van der Waals surface area contributed by atoms with Crippen LogP contribution in [0.1, 0.15) is 75.7 Å². The quantitative estimate of drug-likeness (QED) is 0.498. The van der Waals surface area contributed by atoms with Crippen molar-refractivity contribution in [2.75, 3.05) is 26.8 Å². The van der Waals surface area contributed by atoms with Crippen molar-refractivity contribution in [3.63, 3.8) is 0 Å². The Hall–Kier alpha value is -1.03. The molecule has 2 aliphatic rings. The van der Waals surface area contributed by atoms with Gasteiger partial charge < -0.3 is 9.47 Å². The highest BCUT2D eigenvalue weighted by Gasteiger charge is 2.35. The van der Waals surface area contributed by atoms with Crippen molar-refractivity contribution in [1.82, 2.24) is 4.90 Å². The van der Waals surface area contributed by atoms with Crippen molar-refractivity contribution in [2.45, 2.75) is 82.3 Å². The zero-order valence-electron chi connectivity index (χ0n) is 18.2. The van der Waals surface area contributed by atoms with Crippen LogP contribution in [-0.4, -0.2) is 43.9 Å². The number of ether oxygens (including phenoxy) is 2. The smallest absolute Gasteiger partial charge is 0.122 e. The molecular weight excluding hydrogens is 382 g/mol. The molecule has 0 spiro atoms. The van der Waals surface area contributed by atoms with E-state index in [1.807, 2.05) is 6.08 Å². The van der Waals surface area contributed by atoms with E-state index in [0.29, 0.717) is 12.5 Å². The third kappa shape index (κ3) is 7.01. The van der Waals surface area contributed by atoms with Crippen molar-refractivity contribution < 1.29 is 9.47 Å². The van der Waals surface area contributed by atoms with Gasteiger partial charge in [-0.25, -0.2) is 0 Å². The molecule has 29 heavy (non-hydrogen) atoms. The number of hydrogen-bond acceptors (Lipinski definition) is 3. The molecule has 3 rings (SSSR count). The monoisotopic (exact) mass is 421 g/mol. The molecule has 0 bridgehead atoms. The van der Waals surface area contributed by atoms with Crippen LogP contribution >= 0.6 is 12.4 Å². The minimum Gasteiger partial charge on any atom is -0.496 e. The summed E-state index contributed by atoms with van der Waals surface area (Å²) in [4.78, 5) is 2.74. The second-order valence-electron chi connectivity index (χ2n) is 8.50. The fourth-order valence-electron chi connectivity index (χ4n) is 5.11. The van der Waals surface area contributed by atoms with E-state index in [2.05, 4.69) is 35.7 Å². The molecule has 1 aromatic carbocycles. The summed E-state index contributed by atoms with van der Waals surface area (Å²) in [6.45, 7) is 6.68. The van der Waals surface area contributed by atoms with E-state index in [1.54, 1.807) is 7.11 Å². The zero-order chi connectivity index (χ0) is 19.6. The summed E-state index contributed by atoms with van der Waals surface area (Å²) in [5.74, 6) is 1.39. The van der Waals surface area contributed by atoms with Gasteiger partial charge >= 0.3 is 0 Å². The second-order valence-corrected chi connectivity index (χ2v) is 8.50. The molecule has 1 aliphatic carbocycles. The van der Waals surface area contributed by atoms with E-state index in [4.69, 9.17) is 9.47 Å². The molecule has 2 unspecified atom stereocenters. The van der Waals surface area contributed by atoms with Crippen molar-refractivity contribution in [2.24, 2.45) is 0 Å². The minimum atomic E-state index is 0. The molecule has 0 N–H and O–H groups in total. The first-order valence-corrected chi connectivity index (χ1v) is 11.4. The van der Waals surface area contributed by atoms with Crippen LogP contribution in [0.4, 0.5) is 0 Å². The lowest BCUT2D eigenvalue weighted by molar-refractivity contribution is -0.0191. The average molecular weight is 422 g/mol. The predicted molar refractivity (Wildman–Crippen MR) is 124 cm³/mol. The Labute approximate surface area is 184 Å². The number of benzene rings is 1. The van der Waals surface area contributed by atoms with E-state index < -0.39 is 0 Å². The minimum absolute atomic E-state index is 0. The molecule has 164 valence electrons. The Bertz CT molecular complexity index is 584. The molecule has 1 heterocycles. The van der Waals surface area contributed by atoms with Gasteiger partial charge in [-0.1, -0.05) is 69.2 Å². The van der Waals surface area contributed by atoms with E-state index in [0.717, 1.165) is 24.8 Å². The first-order valence-electron chi connectivity index (χ1n) is 11.4. The summed E-state index contributed by atoms with van der Waals surface area (Å²) in [5.41, 5.74) is 1.30. The summed E-state index contributed by atoms with van der Waals surface area (Å²) in [6, 6.07) is 9.19. The molecule has 1 saturated carbocycles. The maximum Gasteiger partial charge on any atom is 0.122 e. The van der Waals surface area contributed by atoms with Crippen LogP contribution < -0.4 is 4.74 Å². The van der Waals surface area contributed by atoms with Gasteiger partial charge in [0.1, 0.15) is 5.75 Å². The molecule has 0 amide bonds. The fraction of sp³-hybridized carbons (Fsp3) is 0.680. The van der Waals surface area contributed by atoms with Gasteiger partial charge in [-0.2, -0.15) is 0 Å².